The number of Topliss-reactive ketones (excluding diaryl/α,β-unsaturated/α-hetero) is 1. The number of nitrogens with zero attached hydrogens (tertiary/aromatic N) is 2. The molecule has 2 aromatic rings. The molecule has 1 atom stereocenters. The summed E-state index contributed by atoms with van der Waals surface area (Å²) >= 11 is 0. The van der Waals surface area contributed by atoms with E-state index in [1.165, 1.54) is 6.26 Å². The predicted molar refractivity (Wildman–Crippen MR) is 83.5 cm³/mol. The normalized spacial score (nSPS) is 18.7. The molecule has 0 amide bonds. The van der Waals surface area contributed by atoms with E-state index >= 15 is 0 Å². The van der Waals surface area contributed by atoms with Crippen LogP contribution in [0.3, 0.4) is 0 Å². The Kier molecular flexibility index (Phi) is 5.05. The van der Waals surface area contributed by atoms with Crippen molar-refractivity contribution >= 4 is 5.78 Å². The highest BCUT2D eigenvalue weighted by atomic mass is 16.5. The number of hydrogen-bond acceptors (Lipinski definition) is 6. The number of ketones is 1. The number of rotatable bonds is 6. The fraction of sp³-hybridized carbons (Fsp3) is 0.412. The molecule has 0 saturated carbocycles. The van der Waals surface area contributed by atoms with Crippen LogP contribution in [0.25, 0.3) is 0 Å². The number of carbonyl (C=O) groups excluding carboxylic acids is 1. The minimum atomic E-state index is 0.00311. The van der Waals surface area contributed by atoms with Gasteiger partial charge in [-0.15, -0.1) is 0 Å². The van der Waals surface area contributed by atoms with Crippen molar-refractivity contribution in [1.82, 2.24) is 9.88 Å². The zero-order chi connectivity index (χ0) is 16.1. The lowest BCUT2D eigenvalue weighted by Gasteiger charge is -2.35. The molecule has 23 heavy (non-hydrogen) atoms. The van der Waals surface area contributed by atoms with Crippen LogP contribution in [0.4, 0.5) is 0 Å². The fourth-order valence-electron chi connectivity index (χ4n) is 2.70. The molecule has 0 spiro atoms. The predicted octanol–water partition coefficient (Wildman–Crippen LogP) is 2.16. The molecule has 1 saturated heterocycles. The summed E-state index contributed by atoms with van der Waals surface area (Å²) in [5.74, 6) is 1.00. The van der Waals surface area contributed by atoms with Gasteiger partial charge in [-0.05, 0) is 17.7 Å². The second-order valence-electron chi connectivity index (χ2n) is 5.51. The van der Waals surface area contributed by atoms with Crippen LogP contribution in [0.2, 0.25) is 0 Å². The molecular weight excluding hydrogens is 296 g/mol. The Balaban J connectivity index is 1.64. The van der Waals surface area contributed by atoms with Gasteiger partial charge in [0.15, 0.2) is 11.5 Å². The van der Waals surface area contributed by atoms with Gasteiger partial charge in [-0.3, -0.25) is 9.69 Å². The lowest BCUT2D eigenvalue weighted by molar-refractivity contribution is -0.0128. The van der Waals surface area contributed by atoms with Crippen LogP contribution in [-0.2, 0) is 11.3 Å². The van der Waals surface area contributed by atoms with Gasteiger partial charge in [0.2, 0.25) is 5.88 Å². The SMILES string of the molecule is COc1ccc(CN2CCOCC2CC(=O)c2ccco2)cn1. The molecule has 0 bridgehead atoms. The third-order valence-corrected chi connectivity index (χ3v) is 3.96. The van der Waals surface area contributed by atoms with Gasteiger partial charge in [0.1, 0.15) is 0 Å². The van der Waals surface area contributed by atoms with E-state index in [2.05, 4.69) is 9.88 Å². The maximum absolute atomic E-state index is 12.3. The topological polar surface area (TPSA) is 64.8 Å². The zero-order valence-electron chi connectivity index (χ0n) is 13.1. The first kappa shape index (κ1) is 15.7. The molecule has 3 rings (SSSR count). The summed E-state index contributed by atoms with van der Waals surface area (Å²) in [6.07, 6.45) is 3.71. The van der Waals surface area contributed by atoms with Crippen molar-refractivity contribution in [3.05, 3.63) is 48.0 Å². The van der Waals surface area contributed by atoms with E-state index in [0.29, 0.717) is 31.3 Å². The van der Waals surface area contributed by atoms with E-state index in [1.54, 1.807) is 25.4 Å². The molecule has 6 nitrogen and oxygen atoms in total. The lowest BCUT2D eigenvalue weighted by atomic mass is 10.1. The summed E-state index contributed by atoms with van der Waals surface area (Å²) in [6, 6.07) is 7.31. The smallest absolute Gasteiger partial charge is 0.212 e. The van der Waals surface area contributed by atoms with Crippen LogP contribution >= 0.6 is 0 Å². The van der Waals surface area contributed by atoms with Crippen LogP contribution in [0, 0.1) is 0 Å². The zero-order valence-corrected chi connectivity index (χ0v) is 13.1. The first-order valence-electron chi connectivity index (χ1n) is 7.63. The third kappa shape index (κ3) is 3.97. The number of carbonyl (C=O) groups is 1. The molecule has 6 heteroatoms. The quantitative estimate of drug-likeness (QED) is 0.761. The molecule has 1 fully saturated rings. The summed E-state index contributed by atoms with van der Waals surface area (Å²) in [5, 5.41) is 0. The van der Waals surface area contributed by atoms with Gasteiger partial charge in [-0.25, -0.2) is 4.98 Å². The number of hydrogen-bond donors (Lipinski definition) is 0. The van der Waals surface area contributed by atoms with Crippen molar-refractivity contribution in [2.75, 3.05) is 26.9 Å². The number of furan rings is 1. The Morgan fingerprint density at radius 3 is 3.04 bits per heavy atom. The summed E-state index contributed by atoms with van der Waals surface area (Å²) < 4.78 is 15.8. The van der Waals surface area contributed by atoms with Gasteiger partial charge in [-0.1, -0.05) is 6.07 Å². The van der Waals surface area contributed by atoms with Gasteiger partial charge in [0, 0.05) is 37.8 Å². The average molecular weight is 316 g/mol. The van der Waals surface area contributed by atoms with Crippen LogP contribution in [0.1, 0.15) is 22.5 Å². The third-order valence-electron chi connectivity index (χ3n) is 3.96. The number of aromatic nitrogens is 1. The standard InChI is InChI=1S/C17H20N2O4/c1-21-17-5-4-13(10-18-17)11-19-6-8-22-12-14(19)9-15(20)16-3-2-7-23-16/h2-5,7,10,14H,6,8-9,11-12H2,1H3. The Labute approximate surface area is 135 Å². The summed E-state index contributed by atoms with van der Waals surface area (Å²) in [5.41, 5.74) is 1.09. The van der Waals surface area contributed by atoms with Crippen molar-refractivity contribution in [2.24, 2.45) is 0 Å². The molecule has 0 radical (unpaired) electrons. The molecule has 1 aliphatic heterocycles. The minimum Gasteiger partial charge on any atom is -0.481 e. The molecule has 1 unspecified atom stereocenters. The van der Waals surface area contributed by atoms with E-state index < -0.39 is 0 Å². The molecular formula is C17H20N2O4. The van der Waals surface area contributed by atoms with Crippen molar-refractivity contribution in [3.63, 3.8) is 0 Å². The molecule has 3 heterocycles. The molecule has 2 aromatic heterocycles. The van der Waals surface area contributed by atoms with Crippen molar-refractivity contribution in [3.8, 4) is 5.88 Å². The Hall–Kier alpha value is -2.18. The highest BCUT2D eigenvalue weighted by Gasteiger charge is 2.26. The first-order chi connectivity index (χ1) is 11.3. The van der Waals surface area contributed by atoms with E-state index in [-0.39, 0.29) is 11.8 Å². The molecule has 0 aromatic carbocycles. The van der Waals surface area contributed by atoms with Crippen molar-refractivity contribution in [1.29, 1.82) is 0 Å². The van der Waals surface area contributed by atoms with Gasteiger partial charge < -0.3 is 13.9 Å². The number of methoxy groups -OCH3 is 1. The number of morpholine rings is 1. The second kappa shape index (κ2) is 7.39. The van der Waals surface area contributed by atoms with Gasteiger partial charge in [0.25, 0.3) is 0 Å². The largest absolute Gasteiger partial charge is 0.481 e. The Bertz CT molecular complexity index is 625. The molecule has 0 N–H and O–H groups in total. The highest BCUT2D eigenvalue weighted by Crippen LogP contribution is 2.18. The van der Waals surface area contributed by atoms with Gasteiger partial charge in [-0.2, -0.15) is 0 Å². The minimum absolute atomic E-state index is 0.00311. The first-order valence-corrected chi connectivity index (χ1v) is 7.63. The monoisotopic (exact) mass is 316 g/mol. The maximum atomic E-state index is 12.3. The number of ether oxygens (including phenoxy) is 2. The number of pyridine rings is 1. The molecule has 122 valence electrons. The highest BCUT2D eigenvalue weighted by molar-refractivity contribution is 5.93. The second-order valence-corrected chi connectivity index (χ2v) is 5.51. The van der Waals surface area contributed by atoms with E-state index in [9.17, 15) is 4.79 Å². The van der Waals surface area contributed by atoms with Crippen molar-refractivity contribution in [2.45, 2.75) is 19.0 Å². The van der Waals surface area contributed by atoms with Crippen LogP contribution in [0.5, 0.6) is 5.88 Å². The van der Waals surface area contributed by atoms with Crippen molar-refractivity contribution < 1.29 is 18.7 Å². The summed E-state index contributed by atoms with van der Waals surface area (Å²) in [6.45, 7) is 2.75. The van der Waals surface area contributed by atoms with Crippen LogP contribution < -0.4 is 4.74 Å². The Morgan fingerprint density at radius 1 is 1.43 bits per heavy atom. The average Bonchev–Trinajstić information content (AvgIpc) is 3.12. The van der Waals surface area contributed by atoms with E-state index in [1.807, 2.05) is 12.1 Å². The lowest BCUT2D eigenvalue weighted by Crippen LogP contribution is -2.45. The van der Waals surface area contributed by atoms with E-state index in [4.69, 9.17) is 13.9 Å². The Morgan fingerprint density at radius 2 is 2.35 bits per heavy atom. The summed E-state index contributed by atoms with van der Waals surface area (Å²) in [7, 11) is 1.60. The van der Waals surface area contributed by atoms with Crippen LogP contribution in [0.15, 0.2) is 41.1 Å². The van der Waals surface area contributed by atoms with Gasteiger partial charge >= 0.3 is 0 Å². The van der Waals surface area contributed by atoms with Crippen LogP contribution in [-0.4, -0.2) is 48.6 Å². The summed E-state index contributed by atoms with van der Waals surface area (Å²) in [4.78, 5) is 18.7. The van der Waals surface area contributed by atoms with Gasteiger partial charge in [0.05, 0.1) is 26.6 Å². The fourth-order valence-corrected chi connectivity index (χ4v) is 2.70. The molecule has 0 aliphatic carbocycles. The molecule has 1 aliphatic rings. The maximum Gasteiger partial charge on any atom is 0.212 e. The van der Waals surface area contributed by atoms with E-state index in [0.717, 1.165) is 18.7 Å².